The molecule has 0 saturated heterocycles. The van der Waals surface area contributed by atoms with Gasteiger partial charge in [0.25, 0.3) is 0 Å². The van der Waals surface area contributed by atoms with Crippen LogP contribution < -0.4 is 19.1 Å². The van der Waals surface area contributed by atoms with Crippen LogP contribution in [0.3, 0.4) is 0 Å². The van der Waals surface area contributed by atoms with E-state index >= 15 is 0 Å². The molecule has 0 bridgehead atoms. The molecule has 2 amide bonds. The summed E-state index contributed by atoms with van der Waals surface area (Å²) in [6, 6.07) is 21.5. The van der Waals surface area contributed by atoms with Gasteiger partial charge in [-0.2, -0.15) is 0 Å². The van der Waals surface area contributed by atoms with E-state index in [1.807, 2.05) is 61.5 Å². The number of rotatable bonds is 14. The van der Waals surface area contributed by atoms with Crippen LogP contribution >= 0.6 is 15.9 Å². The van der Waals surface area contributed by atoms with Crippen molar-refractivity contribution in [3.63, 3.8) is 0 Å². The predicted molar refractivity (Wildman–Crippen MR) is 171 cm³/mol. The van der Waals surface area contributed by atoms with Gasteiger partial charge in [-0.25, -0.2) is 8.42 Å². The van der Waals surface area contributed by atoms with Crippen molar-refractivity contribution in [3.8, 4) is 11.5 Å². The van der Waals surface area contributed by atoms with Crippen molar-refractivity contribution in [2.45, 2.75) is 45.2 Å². The molecule has 0 radical (unpaired) electrons. The van der Waals surface area contributed by atoms with Crippen LogP contribution in [-0.4, -0.2) is 63.7 Å². The standard InChI is InChI=1S/C32H38BrN3O6S/c1-3-16-34-32(38)28(21-24-9-5-4-6-10-24)35(23-25-11-7-12-26(33)20-25)31(37)13-8-17-36(43(2,39)40)27-14-15-29-30(22-27)42-19-18-41-29/h4-7,9-12,14-15,20,22,28H,3,8,13,16-19,21,23H2,1-2H3,(H,34,38). The summed E-state index contributed by atoms with van der Waals surface area (Å²) in [7, 11) is -3.65. The summed E-state index contributed by atoms with van der Waals surface area (Å²) in [5.74, 6) is 0.592. The first-order valence-electron chi connectivity index (χ1n) is 14.4. The maximum Gasteiger partial charge on any atom is 0.243 e. The van der Waals surface area contributed by atoms with E-state index in [0.29, 0.717) is 43.4 Å². The molecule has 0 saturated carbocycles. The molecule has 1 heterocycles. The molecule has 0 aromatic heterocycles. The Morgan fingerprint density at radius 2 is 1.67 bits per heavy atom. The molecule has 43 heavy (non-hydrogen) atoms. The third-order valence-corrected chi connectivity index (χ3v) is 8.72. The van der Waals surface area contributed by atoms with Gasteiger partial charge in [0.05, 0.1) is 11.9 Å². The molecule has 1 atom stereocenters. The van der Waals surface area contributed by atoms with Crippen LogP contribution in [0.2, 0.25) is 0 Å². The van der Waals surface area contributed by atoms with Crippen molar-refractivity contribution >= 4 is 43.5 Å². The van der Waals surface area contributed by atoms with Crippen LogP contribution in [-0.2, 0) is 32.6 Å². The molecule has 1 aliphatic heterocycles. The molecular weight excluding hydrogens is 634 g/mol. The highest BCUT2D eigenvalue weighted by molar-refractivity contribution is 9.10. The van der Waals surface area contributed by atoms with Gasteiger partial charge in [0.1, 0.15) is 19.3 Å². The lowest BCUT2D eigenvalue weighted by molar-refractivity contribution is -0.141. The van der Waals surface area contributed by atoms with Gasteiger partial charge in [-0.05, 0) is 48.2 Å². The van der Waals surface area contributed by atoms with Gasteiger partial charge in [0.15, 0.2) is 11.5 Å². The smallest absolute Gasteiger partial charge is 0.243 e. The van der Waals surface area contributed by atoms with Gasteiger partial charge in [0, 0.05) is 43.0 Å². The Hall–Kier alpha value is -3.57. The number of hydrogen-bond acceptors (Lipinski definition) is 6. The number of ether oxygens (including phenoxy) is 2. The molecule has 1 aliphatic rings. The first kappa shape index (κ1) is 32.3. The summed E-state index contributed by atoms with van der Waals surface area (Å²) in [5.41, 5.74) is 2.25. The first-order valence-corrected chi connectivity index (χ1v) is 17.0. The van der Waals surface area contributed by atoms with Crippen LogP contribution in [0.4, 0.5) is 5.69 Å². The highest BCUT2D eigenvalue weighted by Crippen LogP contribution is 2.35. The molecular formula is C32H38BrN3O6S. The molecule has 4 rings (SSSR count). The highest BCUT2D eigenvalue weighted by atomic mass is 79.9. The number of benzene rings is 3. The van der Waals surface area contributed by atoms with Crippen LogP contribution in [0.1, 0.15) is 37.3 Å². The maximum absolute atomic E-state index is 13.9. The summed E-state index contributed by atoms with van der Waals surface area (Å²) >= 11 is 3.50. The van der Waals surface area contributed by atoms with Crippen molar-refractivity contribution in [2.75, 3.05) is 36.9 Å². The van der Waals surface area contributed by atoms with E-state index in [4.69, 9.17) is 9.47 Å². The highest BCUT2D eigenvalue weighted by Gasteiger charge is 2.30. The second-order valence-electron chi connectivity index (χ2n) is 10.4. The topological polar surface area (TPSA) is 105 Å². The number of amides is 2. The van der Waals surface area contributed by atoms with E-state index in [1.54, 1.807) is 23.1 Å². The van der Waals surface area contributed by atoms with Crippen molar-refractivity contribution < 1.29 is 27.5 Å². The number of nitrogens with one attached hydrogen (secondary N) is 1. The number of nitrogens with zero attached hydrogens (tertiary/aromatic N) is 2. The zero-order chi connectivity index (χ0) is 30.8. The Bertz CT molecular complexity index is 1500. The monoisotopic (exact) mass is 671 g/mol. The minimum atomic E-state index is -3.65. The first-order chi connectivity index (χ1) is 20.7. The number of fused-ring (bicyclic) bond motifs is 1. The Labute approximate surface area is 262 Å². The maximum atomic E-state index is 13.9. The Kier molecular flexibility index (Phi) is 11.5. The van der Waals surface area contributed by atoms with Crippen molar-refractivity contribution in [1.29, 1.82) is 0 Å². The molecule has 230 valence electrons. The van der Waals surface area contributed by atoms with E-state index in [1.165, 1.54) is 4.31 Å². The fourth-order valence-corrected chi connectivity index (χ4v) is 6.35. The molecule has 3 aromatic carbocycles. The van der Waals surface area contributed by atoms with Crippen LogP contribution in [0, 0.1) is 0 Å². The van der Waals surface area contributed by atoms with Crippen LogP contribution in [0.25, 0.3) is 0 Å². The summed E-state index contributed by atoms with van der Waals surface area (Å²) in [6.07, 6.45) is 2.56. The predicted octanol–water partition coefficient (Wildman–Crippen LogP) is 4.93. The van der Waals surface area contributed by atoms with E-state index < -0.39 is 16.1 Å². The van der Waals surface area contributed by atoms with Crippen molar-refractivity contribution in [3.05, 3.63) is 88.4 Å². The van der Waals surface area contributed by atoms with Crippen LogP contribution in [0.5, 0.6) is 11.5 Å². The van der Waals surface area contributed by atoms with E-state index in [9.17, 15) is 18.0 Å². The number of carbonyl (C=O) groups is 2. The van der Waals surface area contributed by atoms with Gasteiger partial charge >= 0.3 is 0 Å². The number of carbonyl (C=O) groups excluding carboxylic acids is 2. The van der Waals surface area contributed by atoms with E-state index in [0.717, 1.165) is 28.3 Å². The van der Waals surface area contributed by atoms with Gasteiger partial charge in [-0.15, -0.1) is 0 Å². The molecule has 9 nitrogen and oxygen atoms in total. The van der Waals surface area contributed by atoms with E-state index in [-0.39, 0.29) is 37.7 Å². The van der Waals surface area contributed by atoms with Gasteiger partial charge in [-0.3, -0.25) is 13.9 Å². The second kappa shape index (κ2) is 15.2. The molecule has 1 unspecified atom stereocenters. The second-order valence-corrected chi connectivity index (χ2v) is 13.2. The summed E-state index contributed by atoms with van der Waals surface area (Å²) < 4.78 is 38.9. The molecule has 1 N–H and O–H groups in total. The number of halogens is 1. The van der Waals surface area contributed by atoms with Crippen molar-refractivity contribution in [1.82, 2.24) is 10.2 Å². The van der Waals surface area contributed by atoms with Gasteiger partial charge < -0.3 is 19.7 Å². The van der Waals surface area contributed by atoms with Gasteiger partial charge in [0.2, 0.25) is 21.8 Å². The fraction of sp³-hybridized carbons (Fsp3) is 0.375. The molecule has 3 aromatic rings. The Balaban J connectivity index is 1.56. The number of anilines is 1. The zero-order valence-corrected chi connectivity index (χ0v) is 26.9. The van der Waals surface area contributed by atoms with Crippen molar-refractivity contribution in [2.24, 2.45) is 0 Å². The van der Waals surface area contributed by atoms with Gasteiger partial charge in [-0.1, -0.05) is 65.3 Å². The minimum absolute atomic E-state index is 0.0525. The fourth-order valence-electron chi connectivity index (χ4n) is 4.94. The number of sulfonamides is 1. The van der Waals surface area contributed by atoms with Crippen LogP contribution in [0.15, 0.2) is 77.3 Å². The molecule has 0 spiro atoms. The lowest BCUT2D eigenvalue weighted by atomic mass is 10.0. The summed E-state index contributed by atoms with van der Waals surface area (Å²) in [4.78, 5) is 29.1. The third-order valence-electron chi connectivity index (χ3n) is 7.03. The normalized spacial score (nSPS) is 13.2. The van der Waals surface area contributed by atoms with E-state index in [2.05, 4.69) is 21.2 Å². The average molecular weight is 673 g/mol. The molecule has 0 fully saturated rings. The largest absolute Gasteiger partial charge is 0.486 e. The SMILES string of the molecule is CCCNC(=O)C(Cc1ccccc1)N(Cc1cccc(Br)c1)C(=O)CCCN(c1ccc2c(c1)OCCO2)S(C)(=O)=O. The lowest BCUT2D eigenvalue weighted by Crippen LogP contribution is -2.50. The quantitative estimate of drug-likeness (QED) is 0.261. The Morgan fingerprint density at radius 3 is 2.37 bits per heavy atom. The molecule has 11 heteroatoms. The number of hydrogen-bond donors (Lipinski definition) is 1. The summed E-state index contributed by atoms with van der Waals surface area (Å²) in [5, 5.41) is 2.97. The third kappa shape index (κ3) is 9.21. The molecule has 0 aliphatic carbocycles. The zero-order valence-electron chi connectivity index (χ0n) is 24.5. The minimum Gasteiger partial charge on any atom is -0.486 e. The lowest BCUT2D eigenvalue weighted by Gasteiger charge is -2.32. The average Bonchev–Trinajstić information content (AvgIpc) is 2.99. The summed E-state index contributed by atoms with van der Waals surface area (Å²) in [6.45, 7) is 3.61. The Morgan fingerprint density at radius 1 is 0.953 bits per heavy atom.